The SMILES string of the molecule is N.N.[Ti].[W]. The molecule has 0 radical (unpaired) electrons. The first-order chi connectivity index (χ1) is 0. The maximum absolute atomic E-state index is 0. The Hall–Kier alpha value is 1.32. The van der Waals surface area contributed by atoms with E-state index >= 15 is 0 Å². The van der Waals surface area contributed by atoms with Gasteiger partial charge in [-0.15, -0.1) is 0 Å². The minimum atomic E-state index is 0. The van der Waals surface area contributed by atoms with Crippen molar-refractivity contribution < 1.29 is 42.8 Å². The molecule has 0 spiro atoms. The molecule has 26 valence electrons. The van der Waals surface area contributed by atoms with Crippen LogP contribution < -0.4 is 12.3 Å². The Morgan fingerprint density at radius 1 is 0.750 bits per heavy atom. The third-order valence-corrected chi connectivity index (χ3v) is 0. The molecular weight excluding hydrogens is 260 g/mol. The molecule has 0 unspecified atom stereocenters. The average Bonchev–Trinajstić information content (AvgIpc) is 0. The van der Waals surface area contributed by atoms with Crippen molar-refractivity contribution in [3.63, 3.8) is 0 Å². The summed E-state index contributed by atoms with van der Waals surface area (Å²) >= 11 is 0. The van der Waals surface area contributed by atoms with E-state index in [0.717, 1.165) is 0 Å². The maximum atomic E-state index is 0. The van der Waals surface area contributed by atoms with Crippen LogP contribution in [0.25, 0.3) is 0 Å². The van der Waals surface area contributed by atoms with E-state index in [1.807, 2.05) is 0 Å². The predicted molar refractivity (Wildman–Crippen MR) is 10.0 cm³/mol. The Bertz CT molecular complexity index is 6.00. The van der Waals surface area contributed by atoms with Gasteiger partial charge in [-0.2, -0.15) is 0 Å². The van der Waals surface area contributed by atoms with Crippen molar-refractivity contribution in [2.75, 3.05) is 0 Å². The molecule has 4 heavy (non-hydrogen) atoms. The first-order valence-corrected chi connectivity index (χ1v) is 0. The third-order valence-electron chi connectivity index (χ3n) is 0. The Morgan fingerprint density at radius 3 is 0.750 bits per heavy atom. The second-order valence-corrected chi connectivity index (χ2v) is 0. The van der Waals surface area contributed by atoms with Crippen LogP contribution in [0.1, 0.15) is 0 Å². The van der Waals surface area contributed by atoms with Gasteiger partial charge in [-0.3, -0.25) is 0 Å². The molecule has 0 bridgehead atoms. The fraction of sp³-hybridized carbons (Fsp3) is 0. The van der Waals surface area contributed by atoms with Gasteiger partial charge in [-0.05, 0) is 0 Å². The average molecular weight is 266 g/mol. The number of rotatable bonds is 0. The smallest absolute Gasteiger partial charge is 0 e. The van der Waals surface area contributed by atoms with Gasteiger partial charge in [0.25, 0.3) is 0 Å². The minimum Gasteiger partial charge on any atom is -0.344 e. The normalized spacial score (nSPS) is 0. The van der Waals surface area contributed by atoms with E-state index in [9.17, 15) is 0 Å². The zero-order valence-electron chi connectivity index (χ0n) is 2.32. The van der Waals surface area contributed by atoms with Crippen LogP contribution in [0.5, 0.6) is 0 Å². The van der Waals surface area contributed by atoms with Gasteiger partial charge in [0, 0.05) is 42.8 Å². The summed E-state index contributed by atoms with van der Waals surface area (Å²) in [5.41, 5.74) is 0. The molecule has 0 aromatic carbocycles. The van der Waals surface area contributed by atoms with Crippen molar-refractivity contribution in [1.82, 2.24) is 12.3 Å². The molecular formula is H6N2TiW. The molecule has 0 aliphatic rings. The number of hydrogen-bond acceptors (Lipinski definition) is 2. The van der Waals surface area contributed by atoms with Crippen LogP contribution >= 0.6 is 0 Å². The van der Waals surface area contributed by atoms with Crippen LogP contribution in [0.3, 0.4) is 0 Å². The molecule has 0 fully saturated rings. The molecule has 2 nitrogen and oxygen atoms in total. The van der Waals surface area contributed by atoms with Crippen molar-refractivity contribution >= 4 is 0 Å². The van der Waals surface area contributed by atoms with Crippen molar-refractivity contribution in [1.29, 1.82) is 0 Å². The molecule has 6 N–H and O–H groups in total. The maximum Gasteiger partial charge on any atom is 0 e. The van der Waals surface area contributed by atoms with E-state index in [1.54, 1.807) is 0 Å². The van der Waals surface area contributed by atoms with Gasteiger partial charge in [0.2, 0.25) is 0 Å². The molecule has 0 aromatic rings. The zero-order chi connectivity index (χ0) is 0. The first kappa shape index (κ1) is 56.9. The van der Waals surface area contributed by atoms with Crippen LogP contribution in [0.2, 0.25) is 0 Å². The van der Waals surface area contributed by atoms with Gasteiger partial charge >= 0.3 is 0 Å². The molecule has 0 aromatic heterocycles. The third kappa shape index (κ3) is 10.2. The van der Waals surface area contributed by atoms with E-state index in [4.69, 9.17) is 0 Å². The second kappa shape index (κ2) is 27.3. The quantitative estimate of drug-likeness (QED) is 0.620. The first-order valence-electron chi connectivity index (χ1n) is 0. The summed E-state index contributed by atoms with van der Waals surface area (Å²) in [5.74, 6) is 0. The molecule has 4 heteroatoms. The van der Waals surface area contributed by atoms with Gasteiger partial charge in [0.1, 0.15) is 0 Å². The molecule has 0 saturated carbocycles. The topological polar surface area (TPSA) is 70.0 Å². The molecule has 0 atom stereocenters. The van der Waals surface area contributed by atoms with Gasteiger partial charge in [0.15, 0.2) is 0 Å². The molecule has 0 amide bonds. The van der Waals surface area contributed by atoms with Gasteiger partial charge < -0.3 is 12.3 Å². The van der Waals surface area contributed by atoms with E-state index < -0.39 is 0 Å². The Labute approximate surface area is 55.0 Å². The Balaban J connectivity index is 0. The summed E-state index contributed by atoms with van der Waals surface area (Å²) in [6.45, 7) is 0. The summed E-state index contributed by atoms with van der Waals surface area (Å²) in [6.07, 6.45) is 0. The van der Waals surface area contributed by atoms with Crippen LogP contribution in [-0.4, -0.2) is 0 Å². The number of hydrogen-bond donors (Lipinski definition) is 2. The van der Waals surface area contributed by atoms with Crippen molar-refractivity contribution in [2.45, 2.75) is 0 Å². The van der Waals surface area contributed by atoms with Crippen LogP contribution in [0.4, 0.5) is 0 Å². The van der Waals surface area contributed by atoms with E-state index in [-0.39, 0.29) is 55.1 Å². The summed E-state index contributed by atoms with van der Waals surface area (Å²) in [5, 5.41) is 0. The second-order valence-electron chi connectivity index (χ2n) is 0. The van der Waals surface area contributed by atoms with Crippen molar-refractivity contribution in [3.05, 3.63) is 0 Å². The predicted octanol–water partition coefficient (Wildman–Crippen LogP) is 0.319. The monoisotopic (exact) mass is 266 g/mol. The standard InChI is InChI=1S/2H3N.Ti.W/h2*1H3;;. The van der Waals surface area contributed by atoms with E-state index in [2.05, 4.69) is 0 Å². The Kier molecular flexibility index (Phi) is 388. The van der Waals surface area contributed by atoms with E-state index in [0.29, 0.717) is 0 Å². The molecule has 0 aliphatic carbocycles. The fourth-order valence-corrected chi connectivity index (χ4v) is 0. The van der Waals surface area contributed by atoms with E-state index in [1.165, 1.54) is 0 Å². The largest absolute Gasteiger partial charge is 0.344 e. The van der Waals surface area contributed by atoms with Crippen LogP contribution in [0.15, 0.2) is 0 Å². The summed E-state index contributed by atoms with van der Waals surface area (Å²) < 4.78 is 0. The van der Waals surface area contributed by atoms with Crippen LogP contribution in [-0.2, 0) is 42.8 Å². The summed E-state index contributed by atoms with van der Waals surface area (Å²) in [7, 11) is 0. The fourth-order valence-electron chi connectivity index (χ4n) is 0. The molecule has 0 saturated heterocycles. The minimum absolute atomic E-state index is 0. The Morgan fingerprint density at radius 2 is 0.750 bits per heavy atom. The zero-order valence-corrected chi connectivity index (χ0v) is 6.82. The van der Waals surface area contributed by atoms with Gasteiger partial charge in [-0.1, -0.05) is 0 Å². The molecule has 0 rings (SSSR count). The van der Waals surface area contributed by atoms with Crippen molar-refractivity contribution in [3.8, 4) is 0 Å². The summed E-state index contributed by atoms with van der Waals surface area (Å²) in [6, 6.07) is 0. The van der Waals surface area contributed by atoms with Crippen LogP contribution in [0, 0.1) is 0 Å². The molecule has 0 aliphatic heterocycles. The van der Waals surface area contributed by atoms with Gasteiger partial charge in [0.05, 0.1) is 0 Å². The summed E-state index contributed by atoms with van der Waals surface area (Å²) in [4.78, 5) is 0. The van der Waals surface area contributed by atoms with Crippen molar-refractivity contribution in [2.24, 2.45) is 0 Å². The molecule has 0 heterocycles. The van der Waals surface area contributed by atoms with Gasteiger partial charge in [-0.25, -0.2) is 0 Å².